The lowest BCUT2D eigenvalue weighted by atomic mass is 10.2. The van der Waals surface area contributed by atoms with Crippen LogP contribution in [-0.2, 0) is 0 Å². The Morgan fingerprint density at radius 3 is 2.33 bits per heavy atom. The number of nitrogens with zero attached hydrogens (tertiary/aromatic N) is 2. The lowest BCUT2D eigenvalue weighted by molar-refractivity contribution is 0.0881. The minimum Gasteiger partial charge on any atom is -0.492 e. The van der Waals surface area contributed by atoms with Crippen LogP contribution in [0.2, 0.25) is 5.02 Å². The molecule has 0 amide bonds. The third-order valence-corrected chi connectivity index (χ3v) is 4.99. The van der Waals surface area contributed by atoms with Gasteiger partial charge in [0.15, 0.2) is 0 Å². The molecule has 0 spiro atoms. The summed E-state index contributed by atoms with van der Waals surface area (Å²) < 4.78 is 5.78. The molecule has 3 nitrogen and oxygen atoms in total. The molecule has 3 rings (SSSR count). The highest BCUT2D eigenvalue weighted by Gasteiger charge is 2.25. The van der Waals surface area contributed by atoms with Gasteiger partial charge in [-0.3, -0.25) is 9.80 Å². The molecule has 1 heterocycles. The van der Waals surface area contributed by atoms with Crippen LogP contribution < -0.4 is 4.74 Å². The molecule has 0 aromatic heterocycles. The molecular weight excluding hydrogens is 284 g/mol. The summed E-state index contributed by atoms with van der Waals surface area (Å²) in [7, 11) is 0. The van der Waals surface area contributed by atoms with Crippen LogP contribution >= 0.6 is 11.6 Å². The molecule has 1 saturated carbocycles. The van der Waals surface area contributed by atoms with Gasteiger partial charge in [-0.1, -0.05) is 24.4 Å². The number of rotatable bonds is 5. The van der Waals surface area contributed by atoms with Crippen LogP contribution in [0.4, 0.5) is 0 Å². The molecular formula is C17H25ClN2O. The lowest BCUT2D eigenvalue weighted by Crippen LogP contribution is -2.50. The van der Waals surface area contributed by atoms with E-state index in [4.69, 9.17) is 16.3 Å². The van der Waals surface area contributed by atoms with Crippen molar-refractivity contribution in [1.29, 1.82) is 0 Å². The first-order valence-electron chi connectivity index (χ1n) is 8.16. The molecule has 1 aromatic rings. The predicted molar refractivity (Wildman–Crippen MR) is 87.2 cm³/mol. The summed E-state index contributed by atoms with van der Waals surface area (Å²) in [6, 6.07) is 8.48. The second-order valence-electron chi connectivity index (χ2n) is 6.12. The van der Waals surface area contributed by atoms with E-state index < -0.39 is 0 Å². The Balaban J connectivity index is 1.34. The van der Waals surface area contributed by atoms with Gasteiger partial charge in [0.05, 0.1) is 0 Å². The zero-order chi connectivity index (χ0) is 14.5. The molecule has 116 valence electrons. The van der Waals surface area contributed by atoms with E-state index in [2.05, 4.69) is 9.80 Å². The number of hydrogen-bond acceptors (Lipinski definition) is 3. The monoisotopic (exact) mass is 308 g/mol. The number of ether oxygens (including phenoxy) is 1. The molecule has 1 saturated heterocycles. The fourth-order valence-corrected chi connectivity index (χ4v) is 3.57. The summed E-state index contributed by atoms with van der Waals surface area (Å²) in [4.78, 5) is 5.21. The van der Waals surface area contributed by atoms with E-state index in [9.17, 15) is 0 Å². The predicted octanol–water partition coefficient (Wildman–Crippen LogP) is 3.28. The maximum Gasteiger partial charge on any atom is 0.119 e. The van der Waals surface area contributed by atoms with Gasteiger partial charge in [-0.25, -0.2) is 0 Å². The normalized spacial score (nSPS) is 21.8. The SMILES string of the molecule is Clc1ccc(OCCN2CCN(C3CCCC3)CC2)cc1. The number of hydrogen-bond donors (Lipinski definition) is 0. The Morgan fingerprint density at radius 1 is 1.00 bits per heavy atom. The van der Waals surface area contributed by atoms with Crippen LogP contribution in [0.5, 0.6) is 5.75 Å². The van der Waals surface area contributed by atoms with Crippen molar-refractivity contribution in [1.82, 2.24) is 9.80 Å². The first-order valence-corrected chi connectivity index (χ1v) is 8.54. The first kappa shape index (κ1) is 15.1. The van der Waals surface area contributed by atoms with Crippen molar-refractivity contribution >= 4 is 11.6 Å². The molecule has 1 aliphatic carbocycles. The smallest absolute Gasteiger partial charge is 0.119 e. The minimum absolute atomic E-state index is 0.755. The summed E-state index contributed by atoms with van der Waals surface area (Å²) >= 11 is 5.87. The maximum absolute atomic E-state index is 5.87. The van der Waals surface area contributed by atoms with E-state index in [1.165, 1.54) is 51.9 Å². The Morgan fingerprint density at radius 2 is 1.67 bits per heavy atom. The lowest BCUT2D eigenvalue weighted by Gasteiger charge is -2.38. The first-order chi connectivity index (χ1) is 10.3. The molecule has 0 N–H and O–H groups in total. The third-order valence-electron chi connectivity index (χ3n) is 4.74. The van der Waals surface area contributed by atoms with Crippen LogP contribution in [0, 0.1) is 0 Å². The maximum atomic E-state index is 5.87. The molecule has 0 atom stereocenters. The Hall–Kier alpha value is -0.770. The largest absolute Gasteiger partial charge is 0.492 e. The second-order valence-corrected chi connectivity index (χ2v) is 6.55. The molecule has 0 unspecified atom stereocenters. The van der Waals surface area contributed by atoms with Crippen molar-refractivity contribution in [3.8, 4) is 5.75 Å². The van der Waals surface area contributed by atoms with Gasteiger partial charge < -0.3 is 4.74 Å². The van der Waals surface area contributed by atoms with Crippen molar-refractivity contribution in [3.63, 3.8) is 0 Å². The van der Waals surface area contributed by atoms with Crippen molar-refractivity contribution in [2.24, 2.45) is 0 Å². The summed E-state index contributed by atoms with van der Waals surface area (Å²) in [5.74, 6) is 0.906. The molecule has 4 heteroatoms. The molecule has 1 aliphatic heterocycles. The van der Waals surface area contributed by atoms with Crippen molar-refractivity contribution in [2.75, 3.05) is 39.3 Å². The number of halogens is 1. The highest BCUT2D eigenvalue weighted by Crippen LogP contribution is 2.24. The van der Waals surface area contributed by atoms with E-state index in [1.54, 1.807) is 0 Å². The molecule has 1 aromatic carbocycles. The molecule has 21 heavy (non-hydrogen) atoms. The van der Waals surface area contributed by atoms with Gasteiger partial charge in [0, 0.05) is 43.8 Å². The molecule has 0 radical (unpaired) electrons. The summed E-state index contributed by atoms with van der Waals surface area (Å²) in [6.45, 7) is 6.59. The highest BCUT2D eigenvalue weighted by molar-refractivity contribution is 6.30. The number of piperazine rings is 1. The van der Waals surface area contributed by atoms with Crippen LogP contribution in [0.25, 0.3) is 0 Å². The van der Waals surface area contributed by atoms with Crippen molar-refractivity contribution < 1.29 is 4.74 Å². The zero-order valence-corrected chi connectivity index (χ0v) is 13.4. The average molecular weight is 309 g/mol. The zero-order valence-electron chi connectivity index (χ0n) is 12.6. The van der Waals surface area contributed by atoms with Crippen molar-refractivity contribution in [2.45, 2.75) is 31.7 Å². The molecule has 2 fully saturated rings. The fraction of sp³-hybridized carbons (Fsp3) is 0.647. The number of benzene rings is 1. The van der Waals surface area contributed by atoms with Crippen molar-refractivity contribution in [3.05, 3.63) is 29.3 Å². The summed E-state index contributed by atoms with van der Waals surface area (Å²) in [6.07, 6.45) is 5.69. The Kier molecular flexibility index (Phi) is 5.39. The van der Waals surface area contributed by atoms with Crippen LogP contribution in [0.1, 0.15) is 25.7 Å². The Bertz CT molecular complexity index is 423. The standard InChI is InChI=1S/C17H25ClN2O/c18-15-5-7-17(8-6-15)21-14-13-19-9-11-20(12-10-19)16-3-1-2-4-16/h5-8,16H,1-4,9-14H2. The van der Waals surface area contributed by atoms with Crippen LogP contribution in [0.3, 0.4) is 0 Å². The van der Waals surface area contributed by atoms with E-state index in [1.807, 2.05) is 24.3 Å². The Labute approximate surface area is 132 Å². The van der Waals surface area contributed by atoms with Crippen LogP contribution in [0.15, 0.2) is 24.3 Å². The summed E-state index contributed by atoms with van der Waals surface area (Å²) in [5, 5.41) is 0.755. The quantitative estimate of drug-likeness (QED) is 0.830. The van der Waals surface area contributed by atoms with E-state index >= 15 is 0 Å². The van der Waals surface area contributed by atoms with Gasteiger partial charge >= 0.3 is 0 Å². The van der Waals surface area contributed by atoms with Crippen LogP contribution in [-0.4, -0.2) is 55.2 Å². The van der Waals surface area contributed by atoms with E-state index in [-0.39, 0.29) is 0 Å². The highest BCUT2D eigenvalue weighted by atomic mass is 35.5. The summed E-state index contributed by atoms with van der Waals surface area (Å²) in [5.41, 5.74) is 0. The topological polar surface area (TPSA) is 15.7 Å². The fourth-order valence-electron chi connectivity index (χ4n) is 3.44. The van der Waals surface area contributed by atoms with Gasteiger partial charge in [-0.15, -0.1) is 0 Å². The third kappa shape index (κ3) is 4.35. The van der Waals surface area contributed by atoms with Gasteiger partial charge in [0.1, 0.15) is 12.4 Å². The second kappa shape index (κ2) is 7.48. The van der Waals surface area contributed by atoms with E-state index in [0.717, 1.165) is 30.0 Å². The average Bonchev–Trinajstić information content (AvgIpc) is 3.04. The minimum atomic E-state index is 0.755. The molecule has 0 bridgehead atoms. The van der Waals surface area contributed by atoms with Gasteiger partial charge in [-0.2, -0.15) is 0 Å². The van der Waals surface area contributed by atoms with Gasteiger partial charge in [0.25, 0.3) is 0 Å². The van der Waals surface area contributed by atoms with Gasteiger partial charge in [0.2, 0.25) is 0 Å². The van der Waals surface area contributed by atoms with E-state index in [0.29, 0.717) is 0 Å². The molecule has 2 aliphatic rings. The van der Waals surface area contributed by atoms with Gasteiger partial charge in [-0.05, 0) is 37.1 Å².